The lowest BCUT2D eigenvalue weighted by molar-refractivity contribution is -0.665. The van der Waals surface area contributed by atoms with E-state index in [2.05, 4.69) is 59.7 Å². The third-order valence-corrected chi connectivity index (χ3v) is 6.30. The normalized spacial score (nSPS) is 16.8. The predicted octanol–water partition coefficient (Wildman–Crippen LogP) is 4.53. The van der Waals surface area contributed by atoms with E-state index in [0.29, 0.717) is 6.61 Å². The molecule has 1 aliphatic heterocycles. The molecule has 1 aliphatic rings. The van der Waals surface area contributed by atoms with Crippen molar-refractivity contribution in [2.45, 2.75) is 27.3 Å². The van der Waals surface area contributed by atoms with Crippen LogP contribution in [0.5, 0.6) is 5.75 Å². The molecule has 0 saturated carbocycles. The van der Waals surface area contributed by atoms with Crippen LogP contribution in [0.15, 0.2) is 35.4 Å². The second-order valence-corrected chi connectivity index (χ2v) is 7.72. The molecule has 1 aromatic heterocycles. The monoisotopic (exact) mass is 361 g/mol. The van der Waals surface area contributed by atoms with Gasteiger partial charge in [-0.05, 0) is 32.9 Å². The van der Waals surface area contributed by atoms with Gasteiger partial charge in [-0.15, -0.1) is 11.8 Å². The van der Waals surface area contributed by atoms with Crippen LogP contribution in [0, 0.1) is 0 Å². The number of hydrogen-bond acceptors (Lipinski definition) is 4. The molecule has 2 aromatic rings. The van der Waals surface area contributed by atoms with Crippen LogP contribution in [0.1, 0.15) is 25.8 Å². The van der Waals surface area contributed by atoms with Gasteiger partial charge < -0.3 is 9.64 Å². The maximum Gasteiger partial charge on any atom is 0.262 e. The number of aromatic nitrogens is 1. The molecular formula is C19H25N2OS2+. The summed E-state index contributed by atoms with van der Waals surface area (Å²) in [5.41, 5.74) is 1.28. The Labute approximate surface area is 152 Å². The smallest absolute Gasteiger partial charge is 0.262 e. The molecule has 0 N–H and O–H groups in total. The Morgan fingerprint density at radius 2 is 2.17 bits per heavy atom. The number of aryl methyl sites for hydroxylation is 1. The zero-order valence-corrected chi connectivity index (χ0v) is 16.3. The van der Waals surface area contributed by atoms with E-state index in [-0.39, 0.29) is 0 Å². The quantitative estimate of drug-likeness (QED) is 0.703. The number of allylic oxidation sites excluding steroid dienone is 2. The van der Waals surface area contributed by atoms with Gasteiger partial charge in [-0.1, -0.05) is 17.4 Å². The average Bonchev–Trinajstić information content (AvgIpc) is 3.18. The number of benzene rings is 1. The first-order chi connectivity index (χ1) is 11.8. The molecule has 0 radical (unpaired) electrons. The molecule has 3 nitrogen and oxygen atoms in total. The molecule has 0 atom stereocenters. The number of nitrogens with zero attached hydrogens (tertiary/aromatic N) is 2. The minimum absolute atomic E-state index is 0.705. The third-order valence-electron chi connectivity index (χ3n) is 4.11. The molecule has 1 aromatic carbocycles. The van der Waals surface area contributed by atoms with E-state index in [4.69, 9.17) is 4.74 Å². The van der Waals surface area contributed by atoms with Crippen LogP contribution < -0.4 is 9.30 Å². The summed E-state index contributed by atoms with van der Waals surface area (Å²) >= 11 is 3.77. The molecule has 5 heteroatoms. The molecule has 0 unspecified atom stereocenters. The molecule has 0 bridgehead atoms. The van der Waals surface area contributed by atoms with Gasteiger partial charge in [-0.25, -0.2) is 0 Å². The predicted molar refractivity (Wildman–Crippen MR) is 106 cm³/mol. The van der Waals surface area contributed by atoms with E-state index >= 15 is 0 Å². The second kappa shape index (κ2) is 8.08. The molecule has 0 amide bonds. The molecule has 0 aliphatic carbocycles. The number of fused-ring (bicyclic) bond motifs is 1. The molecule has 24 heavy (non-hydrogen) atoms. The van der Waals surface area contributed by atoms with Gasteiger partial charge in [0.25, 0.3) is 5.01 Å². The summed E-state index contributed by atoms with van der Waals surface area (Å²) < 4.78 is 9.27. The summed E-state index contributed by atoms with van der Waals surface area (Å²) in [6.45, 7) is 10.4. The molecule has 1 saturated heterocycles. The molecule has 128 valence electrons. The van der Waals surface area contributed by atoms with Crippen LogP contribution in [0.3, 0.4) is 0 Å². The lowest BCUT2D eigenvalue weighted by Gasteiger charge is -2.14. The van der Waals surface area contributed by atoms with Crippen molar-refractivity contribution in [3.63, 3.8) is 0 Å². The van der Waals surface area contributed by atoms with Crippen molar-refractivity contribution in [3.05, 3.63) is 40.4 Å². The number of thioether (sulfide) groups is 1. The largest absolute Gasteiger partial charge is 0.494 e. The Bertz CT molecular complexity index is 764. The Balaban J connectivity index is 1.88. The standard InChI is InChI=1S/C19H25N2OS2/c1-4-20-12-13-23-18(20)8-7-9-19-21(5-2)16-11-10-15(22-6-3)14-17(16)24-19/h7-11,14H,4-6,12-13H2,1-3H3/q+1. The minimum Gasteiger partial charge on any atom is -0.494 e. The SMILES string of the molecule is CCOc1ccc2c(c1)sc(/C=C/C=C1\SCCN1CC)[n+]2CC. The summed E-state index contributed by atoms with van der Waals surface area (Å²) in [5, 5.41) is 2.67. The van der Waals surface area contributed by atoms with Gasteiger partial charge in [0.1, 0.15) is 17.0 Å². The van der Waals surface area contributed by atoms with Gasteiger partial charge in [-0.2, -0.15) is 4.57 Å². The molecule has 1 fully saturated rings. The maximum atomic E-state index is 5.63. The lowest BCUT2D eigenvalue weighted by atomic mass is 10.3. The van der Waals surface area contributed by atoms with Gasteiger partial charge in [0.2, 0.25) is 5.52 Å². The van der Waals surface area contributed by atoms with Gasteiger partial charge in [0.15, 0.2) is 0 Å². The first-order valence-corrected chi connectivity index (χ1v) is 10.4. The fourth-order valence-electron chi connectivity index (χ4n) is 2.93. The topological polar surface area (TPSA) is 16.4 Å². The van der Waals surface area contributed by atoms with Gasteiger partial charge in [-0.3, -0.25) is 0 Å². The van der Waals surface area contributed by atoms with E-state index in [0.717, 1.165) is 18.8 Å². The van der Waals surface area contributed by atoms with E-state index in [1.807, 2.05) is 30.0 Å². The molecule has 2 heterocycles. The average molecular weight is 362 g/mol. The summed E-state index contributed by atoms with van der Waals surface area (Å²) in [6, 6.07) is 6.38. The van der Waals surface area contributed by atoms with Crippen LogP contribution in [0.2, 0.25) is 0 Å². The van der Waals surface area contributed by atoms with Gasteiger partial charge >= 0.3 is 0 Å². The van der Waals surface area contributed by atoms with Crippen LogP contribution >= 0.6 is 23.1 Å². The van der Waals surface area contributed by atoms with E-state index in [9.17, 15) is 0 Å². The first kappa shape index (κ1) is 17.4. The van der Waals surface area contributed by atoms with Crippen LogP contribution in [0.4, 0.5) is 0 Å². The zero-order valence-electron chi connectivity index (χ0n) is 14.6. The number of hydrogen-bond donors (Lipinski definition) is 0. The Morgan fingerprint density at radius 3 is 2.92 bits per heavy atom. The van der Waals surface area contributed by atoms with Crippen molar-refractivity contribution < 1.29 is 9.30 Å². The summed E-state index contributed by atoms with van der Waals surface area (Å²) in [7, 11) is 0. The van der Waals surface area contributed by atoms with Crippen molar-refractivity contribution in [1.82, 2.24) is 4.90 Å². The highest BCUT2D eigenvalue weighted by molar-refractivity contribution is 8.03. The van der Waals surface area contributed by atoms with Crippen molar-refractivity contribution in [2.75, 3.05) is 25.4 Å². The van der Waals surface area contributed by atoms with Crippen molar-refractivity contribution in [1.29, 1.82) is 0 Å². The fourth-order valence-corrected chi connectivity index (χ4v) is 5.20. The van der Waals surface area contributed by atoms with Crippen LogP contribution in [-0.4, -0.2) is 30.3 Å². The van der Waals surface area contributed by atoms with Gasteiger partial charge in [0.05, 0.1) is 11.6 Å². The second-order valence-electron chi connectivity index (χ2n) is 5.54. The maximum absolute atomic E-state index is 5.63. The fraction of sp³-hybridized carbons (Fsp3) is 0.421. The van der Waals surface area contributed by atoms with E-state index in [1.165, 1.54) is 32.6 Å². The highest BCUT2D eigenvalue weighted by Gasteiger charge is 2.18. The highest BCUT2D eigenvalue weighted by Crippen LogP contribution is 2.28. The number of thiazole rings is 1. The Kier molecular flexibility index (Phi) is 5.85. The number of rotatable bonds is 6. The van der Waals surface area contributed by atoms with E-state index < -0.39 is 0 Å². The van der Waals surface area contributed by atoms with Crippen molar-refractivity contribution in [2.24, 2.45) is 0 Å². The van der Waals surface area contributed by atoms with Gasteiger partial charge in [0, 0.05) is 37.1 Å². The lowest BCUT2D eigenvalue weighted by Crippen LogP contribution is -2.33. The zero-order chi connectivity index (χ0) is 16.9. The Hall–Kier alpha value is -1.46. The summed E-state index contributed by atoms with van der Waals surface area (Å²) in [6.07, 6.45) is 6.67. The van der Waals surface area contributed by atoms with Crippen molar-refractivity contribution >= 4 is 39.4 Å². The minimum atomic E-state index is 0.705. The molecule has 0 spiro atoms. The summed E-state index contributed by atoms with van der Waals surface area (Å²) in [5.74, 6) is 2.15. The van der Waals surface area contributed by atoms with E-state index in [1.54, 1.807) is 0 Å². The van der Waals surface area contributed by atoms with Crippen LogP contribution in [-0.2, 0) is 6.54 Å². The number of ether oxygens (including phenoxy) is 1. The Morgan fingerprint density at radius 1 is 1.29 bits per heavy atom. The van der Waals surface area contributed by atoms with Crippen LogP contribution in [0.25, 0.3) is 16.3 Å². The highest BCUT2D eigenvalue weighted by atomic mass is 32.2. The van der Waals surface area contributed by atoms with Crippen molar-refractivity contribution in [3.8, 4) is 5.75 Å². The summed E-state index contributed by atoms with van der Waals surface area (Å²) in [4.78, 5) is 2.43. The third kappa shape index (κ3) is 3.62. The molecular weight excluding hydrogens is 336 g/mol. The first-order valence-electron chi connectivity index (χ1n) is 8.62. The molecule has 3 rings (SSSR count).